The molecule has 8 heteroatoms. The highest BCUT2D eigenvalue weighted by Crippen LogP contribution is 2.18. The van der Waals surface area contributed by atoms with E-state index in [1.807, 2.05) is 44.3 Å². The first-order chi connectivity index (χ1) is 12.2. The van der Waals surface area contributed by atoms with E-state index in [1.165, 1.54) is 0 Å². The van der Waals surface area contributed by atoms with Gasteiger partial charge in [-0.15, -0.1) is 10.2 Å². The van der Waals surface area contributed by atoms with E-state index in [1.54, 1.807) is 11.0 Å². The van der Waals surface area contributed by atoms with Crippen molar-refractivity contribution in [2.75, 3.05) is 36.0 Å². The number of hydrogen-bond donors (Lipinski definition) is 0. The molecule has 3 aromatic rings. The minimum absolute atomic E-state index is 0.729. The molecule has 4 heterocycles. The SMILES string of the molecule is Cc1cc(N2CCN(c3ccc(-n4ccc(C)n4)nn3)CC2)ncn1. The highest BCUT2D eigenvalue weighted by Gasteiger charge is 2.19. The van der Waals surface area contributed by atoms with Crippen molar-refractivity contribution in [2.24, 2.45) is 0 Å². The molecule has 25 heavy (non-hydrogen) atoms. The zero-order chi connectivity index (χ0) is 17.2. The van der Waals surface area contributed by atoms with Gasteiger partial charge in [0, 0.05) is 44.1 Å². The highest BCUT2D eigenvalue weighted by atomic mass is 15.4. The van der Waals surface area contributed by atoms with Crippen molar-refractivity contribution in [3.63, 3.8) is 0 Å². The molecule has 1 aliphatic rings. The summed E-state index contributed by atoms with van der Waals surface area (Å²) in [5, 5.41) is 13.0. The number of hydrogen-bond acceptors (Lipinski definition) is 7. The molecule has 0 unspecified atom stereocenters. The molecule has 1 aliphatic heterocycles. The predicted octanol–water partition coefficient (Wildman–Crippen LogP) is 1.40. The molecule has 0 radical (unpaired) electrons. The Morgan fingerprint density at radius 3 is 2.04 bits per heavy atom. The third kappa shape index (κ3) is 3.28. The molecule has 4 rings (SSSR count). The van der Waals surface area contributed by atoms with Gasteiger partial charge in [-0.1, -0.05) is 0 Å². The lowest BCUT2D eigenvalue weighted by Gasteiger charge is -2.35. The van der Waals surface area contributed by atoms with Crippen molar-refractivity contribution in [3.8, 4) is 5.82 Å². The van der Waals surface area contributed by atoms with Crippen LogP contribution in [0.3, 0.4) is 0 Å². The average molecular weight is 336 g/mol. The van der Waals surface area contributed by atoms with E-state index in [0.717, 1.165) is 55.0 Å². The van der Waals surface area contributed by atoms with Crippen LogP contribution in [-0.2, 0) is 0 Å². The lowest BCUT2D eigenvalue weighted by molar-refractivity contribution is 0.635. The van der Waals surface area contributed by atoms with Gasteiger partial charge in [-0.05, 0) is 32.0 Å². The normalized spacial score (nSPS) is 14.8. The van der Waals surface area contributed by atoms with Gasteiger partial charge in [-0.25, -0.2) is 14.6 Å². The van der Waals surface area contributed by atoms with E-state index in [-0.39, 0.29) is 0 Å². The van der Waals surface area contributed by atoms with Crippen molar-refractivity contribution in [2.45, 2.75) is 13.8 Å². The maximum absolute atomic E-state index is 4.37. The molecule has 0 spiro atoms. The number of rotatable bonds is 3. The van der Waals surface area contributed by atoms with E-state index >= 15 is 0 Å². The fourth-order valence-corrected chi connectivity index (χ4v) is 2.93. The Morgan fingerprint density at radius 2 is 1.44 bits per heavy atom. The quantitative estimate of drug-likeness (QED) is 0.715. The molecule has 1 saturated heterocycles. The summed E-state index contributed by atoms with van der Waals surface area (Å²) in [6.45, 7) is 7.52. The Labute approximate surface area is 146 Å². The molecule has 0 aliphatic carbocycles. The minimum atomic E-state index is 0.729. The topological polar surface area (TPSA) is 75.9 Å². The maximum atomic E-state index is 4.37. The standard InChI is InChI=1S/C17H20N8/c1-13-5-6-25(22-13)16-4-3-15(20-21-16)23-7-9-24(10-8-23)17-11-14(2)18-12-19-17/h3-6,11-12H,7-10H2,1-2H3. The summed E-state index contributed by atoms with van der Waals surface area (Å²) in [6.07, 6.45) is 3.51. The van der Waals surface area contributed by atoms with Crippen LogP contribution >= 0.6 is 0 Å². The smallest absolute Gasteiger partial charge is 0.175 e. The molecule has 0 amide bonds. The third-order valence-electron chi connectivity index (χ3n) is 4.31. The Balaban J connectivity index is 1.42. The zero-order valence-electron chi connectivity index (χ0n) is 14.4. The average Bonchev–Trinajstić information content (AvgIpc) is 3.08. The number of anilines is 2. The fraction of sp³-hybridized carbons (Fsp3) is 0.353. The van der Waals surface area contributed by atoms with Crippen LogP contribution in [0.2, 0.25) is 0 Å². The molecular formula is C17H20N8. The van der Waals surface area contributed by atoms with E-state index in [0.29, 0.717) is 0 Å². The zero-order valence-corrected chi connectivity index (χ0v) is 14.4. The first-order valence-electron chi connectivity index (χ1n) is 8.34. The van der Waals surface area contributed by atoms with Gasteiger partial charge in [-0.3, -0.25) is 0 Å². The Morgan fingerprint density at radius 1 is 0.760 bits per heavy atom. The molecule has 0 bridgehead atoms. The van der Waals surface area contributed by atoms with E-state index in [9.17, 15) is 0 Å². The molecular weight excluding hydrogens is 316 g/mol. The summed E-state index contributed by atoms with van der Waals surface area (Å²) in [4.78, 5) is 13.0. The van der Waals surface area contributed by atoms with Crippen LogP contribution in [0, 0.1) is 13.8 Å². The third-order valence-corrected chi connectivity index (χ3v) is 4.31. The minimum Gasteiger partial charge on any atom is -0.353 e. The number of piperazine rings is 1. The van der Waals surface area contributed by atoms with Gasteiger partial charge in [0.2, 0.25) is 0 Å². The van der Waals surface area contributed by atoms with Crippen LogP contribution in [0.25, 0.3) is 5.82 Å². The summed E-state index contributed by atoms with van der Waals surface area (Å²) < 4.78 is 1.74. The first-order valence-corrected chi connectivity index (χ1v) is 8.34. The molecule has 0 N–H and O–H groups in total. The summed E-state index contributed by atoms with van der Waals surface area (Å²) in [5.74, 6) is 2.61. The van der Waals surface area contributed by atoms with Gasteiger partial charge >= 0.3 is 0 Å². The Kier molecular flexibility index (Phi) is 4.01. The second-order valence-electron chi connectivity index (χ2n) is 6.14. The largest absolute Gasteiger partial charge is 0.353 e. The van der Waals surface area contributed by atoms with Crippen LogP contribution in [0.5, 0.6) is 0 Å². The second kappa shape index (κ2) is 6.46. The first kappa shape index (κ1) is 15.5. The van der Waals surface area contributed by atoms with E-state index in [2.05, 4.69) is 35.1 Å². The summed E-state index contributed by atoms with van der Waals surface area (Å²) >= 11 is 0. The van der Waals surface area contributed by atoms with Crippen molar-refractivity contribution in [1.82, 2.24) is 29.9 Å². The molecule has 0 aromatic carbocycles. The van der Waals surface area contributed by atoms with Gasteiger partial charge in [0.25, 0.3) is 0 Å². The summed E-state index contributed by atoms with van der Waals surface area (Å²) in [5.41, 5.74) is 1.95. The maximum Gasteiger partial charge on any atom is 0.175 e. The van der Waals surface area contributed by atoms with Gasteiger partial charge in [0.05, 0.1) is 5.69 Å². The molecule has 1 fully saturated rings. The van der Waals surface area contributed by atoms with Crippen LogP contribution in [0.4, 0.5) is 11.6 Å². The second-order valence-corrected chi connectivity index (χ2v) is 6.14. The lowest BCUT2D eigenvalue weighted by Crippen LogP contribution is -2.47. The molecule has 128 valence electrons. The van der Waals surface area contributed by atoms with Crippen LogP contribution < -0.4 is 9.80 Å². The Hall–Kier alpha value is -3.03. The van der Waals surface area contributed by atoms with Crippen molar-refractivity contribution in [3.05, 3.63) is 48.2 Å². The van der Waals surface area contributed by atoms with Gasteiger partial charge in [0.15, 0.2) is 11.6 Å². The van der Waals surface area contributed by atoms with Crippen LogP contribution in [0.1, 0.15) is 11.4 Å². The summed E-state index contributed by atoms with van der Waals surface area (Å²) in [6, 6.07) is 7.93. The summed E-state index contributed by atoms with van der Waals surface area (Å²) in [7, 11) is 0. The number of aromatic nitrogens is 6. The number of aryl methyl sites for hydroxylation is 2. The highest BCUT2D eigenvalue weighted by molar-refractivity contribution is 5.45. The Bertz CT molecular complexity index is 849. The monoisotopic (exact) mass is 336 g/mol. The van der Waals surface area contributed by atoms with Crippen LogP contribution in [-0.4, -0.2) is 56.1 Å². The fourth-order valence-electron chi connectivity index (χ4n) is 2.93. The molecule has 0 atom stereocenters. The number of nitrogens with zero attached hydrogens (tertiary/aromatic N) is 8. The van der Waals surface area contributed by atoms with E-state index < -0.39 is 0 Å². The van der Waals surface area contributed by atoms with Crippen molar-refractivity contribution < 1.29 is 0 Å². The van der Waals surface area contributed by atoms with Crippen LogP contribution in [0.15, 0.2) is 36.8 Å². The molecule has 0 saturated carbocycles. The van der Waals surface area contributed by atoms with Gasteiger partial charge < -0.3 is 9.80 Å². The van der Waals surface area contributed by atoms with Crippen molar-refractivity contribution >= 4 is 11.6 Å². The van der Waals surface area contributed by atoms with Gasteiger partial charge in [-0.2, -0.15) is 5.10 Å². The van der Waals surface area contributed by atoms with Crippen molar-refractivity contribution in [1.29, 1.82) is 0 Å². The molecule has 3 aromatic heterocycles. The van der Waals surface area contributed by atoms with E-state index in [4.69, 9.17) is 0 Å². The predicted molar refractivity (Wildman–Crippen MR) is 95.1 cm³/mol. The lowest BCUT2D eigenvalue weighted by atomic mass is 10.3. The van der Waals surface area contributed by atoms with Gasteiger partial charge in [0.1, 0.15) is 12.1 Å². The molecule has 8 nitrogen and oxygen atoms in total.